The molecule has 0 saturated carbocycles. The van der Waals surface area contributed by atoms with Crippen molar-refractivity contribution in [2.24, 2.45) is 0 Å². The number of hydrogen-bond donors (Lipinski definition) is 1. The van der Waals surface area contributed by atoms with Crippen molar-refractivity contribution in [1.29, 1.82) is 0 Å². The van der Waals surface area contributed by atoms with Gasteiger partial charge < -0.3 is 9.52 Å². The van der Waals surface area contributed by atoms with Gasteiger partial charge in [0.1, 0.15) is 5.76 Å². The molecular formula is C18H21NO3S. The van der Waals surface area contributed by atoms with E-state index in [0.717, 1.165) is 18.7 Å². The molecule has 4 nitrogen and oxygen atoms in total. The number of thiophene rings is 1. The Morgan fingerprint density at radius 1 is 1.35 bits per heavy atom. The van der Waals surface area contributed by atoms with Crippen molar-refractivity contribution in [3.63, 3.8) is 0 Å². The van der Waals surface area contributed by atoms with E-state index in [0.29, 0.717) is 12.6 Å². The average Bonchev–Trinajstić information content (AvgIpc) is 3.16. The lowest BCUT2D eigenvalue weighted by molar-refractivity contribution is 0.0657. The minimum absolute atomic E-state index is 0.0144. The summed E-state index contributed by atoms with van der Waals surface area (Å²) in [6.45, 7) is 1.68. The molecule has 1 aliphatic rings. The standard InChI is InChI=1S/C18H21NO3S/c20-18(21)17-10-8-15(22-17)13-19-11-3-1-2-5-14(19)7-9-16-6-4-12-23-16/h4,6-10,12,14H,1-3,5,11,13H2,(H,20,21)/b9-7+. The Morgan fingerprint density at radius 2 is 2.26 bits per heavy atom. The second-order valence-corrected chi connectivity index (χ2v) is 6.81. The van der Waals surface area contributed by atoms with Crippen molar-refractivity contribution >= 4 is 23.4 Å². The molecule has 0 bridgehead atoms. The van der Waals surface area contributed by atoms with E-state index in [9.17, 15) is 4.79 Å². The lowest BCUT2D eigenvalue weighted by Crippen LogP contribution is -2.32. The maximum absolute atomic E-state index is 10.9. The molecule has 0 spiro atoms. The first-order valence-corrected chi connectivity index (χ1v) is 8.88. The van der Waals surface area contributed by atoms with E-state index in [1.165, 1.54) is 30.2 Å². The van der Waals surface area contributed by atoms with Gasteiger partial charge in [0.05, 0.1) is 6.54 Å². The molecule has 1 saturated heterocycles. The Balaban J connectivity index is 1.71. The molecule has 3 rings (SSSR count). The van der Waals surface area contributed by atoms with Crippen molar-refractivity contribution in [3.8, 4) is 0 Å². The number of carboxylic acids is 1. The zero-order valence-corrected chi connectivity index (χ0v) is 13.8. The number of rotatable bonds is 5. The van der Waals surface area contributed by atoms with Gasteiger partial charge in [0.25, 0.3) is 0 Å². The first-order valence-electron chi connectivity index (χ1n) is 8.00. The zero-order chi connectivity index (χ0) is 16.1. The second kappa shape index (κ2) is 7.62. The molecule has 1 unspecified atom stereocenters. The van der Waals surface area contributed by atoms with Crippen molar-refractivity contribution in [2.45, 2.75) is 38.3 Å². The molecule has 1 aliphatic heterocycles. The van der Waals surface area contributed by atoms with Crippen LogP contribution in [0.25, 0.3) is 6.08 Å². The highest BCUT2D eigenvalue weighted by Gasteiger charge is 2.20. The highest BCUT2D eigenvalue weighted by atomic mass is 32.1. The van der Waals surface area contributed by atoms with Gasteiger partial charge in [-0.05, 0) is 49.0 Å². The molecule has 0 radical (unpaired) electrons. The van der Waals surface area contributed by atoms with Crippen LogP contribution in [0.5, 0.6) is 0 Å². The van der Waals surface area contributed by atoms with Crippen LogP contribution < -0.4 is 0 Å². The molecule has 2 aromatic heterocycles. The third-order valence-electron chi connectivity index (χ3n) is 4.17. The largest absolute Gasteiger partial charge is 0.475 e. The van der Waals surface area contributed by atoms with E-state index in [2.05, 4.69) is 34.6 Å². The molecule has 5 heteroatoms. The van der Waals surface area contributed by atoms with Gasteiger partial charge in [0, 0.05) is 10.9 Å². The number of carboxylic acid groups (broad SMARTS) is 1. The second-order valence-electron chi connectivity index (χ2n) is 5.83. The normalized spacial score (nSPS) is 19.9. The average molecular weight is 331 g/mol. The van der Waals surface area contributed by atoms with Crippen LogP contribution in [0.2, 0.25) is 0 Å². The van der Waals surface area contributed by atoms with Crippen molar-refractivity contribution < 1.29 is 14.3 Å². The lowest BCUT2D eigenvalue weighted by atomic mass is 10.1. The van der Waals surface area contributed by atoms with Gasteiger partial charge in [-0.25, -0.2) is 4.79 Å². The zero-order valence-electron chi connectivity index (χ0n) is 13.0. The summed E-state index contributed by atoms with van der Waals surface area (Å²) in [6.07, 6.45) is 9.26. The van der Waals surface area contributed by atoms with E-state index in [-0.39, 0.29) is 5.76 Å². The number of aromatic carboxylic acids is 1. The van der Waals surface area contributed by atoms with Gasteiger partial charge in [0.2, 0.25) is 5.76 Å². The molecule has 3 heterocycles. The number of carbonyl (C=O) groups is 1. The maximum Gasteiger partial charge on any atom is 0.371 e. The van der Waals surface area contributed by atoms with Crippen LogP contribution in [0, 0.1) is 0 Å². The summed E-state index contributed by atoms with van der Waals surface area (Å²) in [6, 6.07) is 7.86. The predicted molar refractivity (Wildman–Crippen MR) is 91.7 cm³/mol. The molecule has 1 atom stereocenters. The minimum Gasteiger partial charge on any atom is -0.475 e. The Hall–Kier alpha value is -1.85. The number of nitrogens with zero attached hydrogens (tertiary/aromatic N) is 1. The van der Waals surface area contributed by atoms with Crippen molar-refractivity contribution in [1.82, 2.24) is 4.90 Å². The molecule has 1 fully saturated rings. The fourth-order valence-electron chi connectivity index (χ4n) is 2.98. The highest BCUT2D eigenvalue weighted by Crippen LogP contribution is 2.22. The van der Waals surface area contributed by atoms with Crippen molar-refractivity contribution in [2.75, 3.05) is 6.54 Å². The summed E-state index contributed by atoms with van der Waals surface area (Å²) in [5, 5.41) is 11.1. The molecule has 0 amide bonds. The van der Waals surface area contributed by atoms with Gasteiger partial charge in [0.15, 0.2) is 0 Å². The maximum atomic E-state index is 10.9. The van der Waals surface area contributed by atoms with E-state index in [4.69, 9.17) is 9.52 Å². The number of hydrogen-bond acceptors (Lipinski definition) is 4. The third kappa shape index (κ3) is 4.33. The van der Waals surface area contributed by atoms with Crippen LogP contribution in [-0.2, 0) is 6.54 Å². The fraction of sp³-hybridized carbons (Fsp3) is 0.389. The summed E-state index contributed by atoms with van der Waals surface area (Å²) >= 11 is 1.74. The van der Waals surface area contributed by atoms with E-state index < -0.39 is 5.97 Å². The highest BCUT2D eigenvalue weighted by molar-refractivity contribution is 7.10. The summed E-state index contributed by atoms with van der Waals surface area (Å²) in [7, 11) is 0. The quantitative estimate of drug-likeness (QED) is 0.876. The Labute approximate surface area is 140 Å². The topological polar surface area (TPSA) is 53.7 Å². The van der Waals surface area contributed by atoms with E-state index >= 15 is 0 Å². The summed E-state index contributed by atoms with van der Waals surface area (Å²) in [5.41, 5.74) is 0. The van der Waals surface area contributed by atoms with Crippen LogP contribution in [-0.4, -0.2) is 28.6 Å². The van der Waals surface area contributed by atoms with Crippen LogP contribution >= 0.6 is 11.3 Å². The van der Waals surface area contributed by atoms with Gasteiger partial charge in [-0.15, -0.1) is 11.3 Å². The molecular weight excluding hydrogens is 310 g/mol. The number of furan rings is 1. The predicted octanol–water partition coefficient (Wildman–Crippen LogP) is 4.50. The Morgan fingerprint density at radius 3 is 3.00 bits per heavy atom. The van der Waals surface area contributed by atoms with Crippen LogP contribution in [0.15, 0.2) is 40.1 Å². The summed E-state index contributed by atoms with van der Waals surface area (Å²) in [5.74, 6) is -0.277. The first-order chi connectivity index (χ1) is 11.2. The fourth-order valence-corrected chi connectivity index (χ4v) is 3.61. The number of likely N-dealkylation sites (tertiary alicyclic amines) is 1. The van der Waals surface area contributed by atoms with E-state index in [1.807, 2.05) is 0 Å². The summed E-state index contributed by atoms with van der Waals surface area (Å²) in [4.78, 5) is 14.6. The van der Waals surface area contributed by atoms with Gasteiger partial charge in [-0.1, -0.05) is 25.0 Å². The smallest absolute Gasteiger partial charge is 0.371 e. The van der Waals surface area contributed by atoms with Crippen LogP contribution in [0.3, 0.4) is 0 Å². The van der Waals surface area contributed by atoms with E-state index in [1.54, 1.807) is 17.4 Å². The Bertz CT molecular complexity index is 660. The Kier molecular flexibility index (Phi) is 5.31. The van der Waals surface area contributed by atoms with Gasteiger partial charge in [-0.2, -0.15) is 0 Å². The van der Waals surface area contributed by atoms with Crippen LogP contribution in [0.1, 0.15) is 46.9 Å². The third-order valence-corrected chi connectivity index (χ3v) is 5.01. The first kappa shape index (κ1) is 16.0. The lowest BCUT2D eigenvalue weighted by Gasteiger charge is -2.26. The van der Waals surface area contributed by atoms with Crippen molar-refractivity contribution in [3.05, 3.63) is 52.1 Å². The SMILES string of the molecule is O=C(O)c1ccc(CN2CCCCCC2/C=C/c2cccs2)o1. The molecule has 0 aromatic carbocycles. The van der Waals surface area contributed by atoms with Gasteiger partial charge in [-0.3, -0.25) is 4.90 Å². The molecule has 1 N–H and O–H groups in total. The van der Waals surface area contributed by atoms with Gasteiger partial charge >= 0.3 is 5.97 Å². The molecule has 23 heavy (non-hydrogen) atoms. The van der Waals surface area contributed by atoms with Crippen LogP contribution in [0.4, 0.5) is 0 Å². The minimum atomic E-state index is -1.01. The molecule has 0 aliphatic carbocycles. The molecule has 2 aromatic rings. The summed E-state index contributed by atoms with van der Waals surface area (Å²) < 4.78 is 5.42. The monoisotopic (exact) mass is 331 g/mol. The molecule has 122 valence electrons.